The van der Waals surface area contributed by atoms with Crippen molar-refractivity contribution in [1.29, 1.82) is 0 Å². The fourth-order valence-corrected chi connectivity index (χ4v) is 5.14. The van der Waals surface area contributed by atoms with Crippen LogP contribution in [0.25, 0.3) is 0 Å². The van der Waals surface area contributed by atoms with Gasteiger partial charge < -0.3 is 9.80 Å². The van der Waals surface area contributed by atoms with E-state index in [4.69, 9.17) is 0 Å². The smallest absolute Gasteiger partial charge is 0.225 e. The van der Waals surface area contributed by atoms with E-state index in [0.717, 1.165) is 58.7 Å². The SMILES string of the molecule is Cc1cccc(N2CCN(C(=O)C3CCN(Cc4ccsc4)CC3)CC2)c1C. The number of hydrogen-bond donors (Lipinski definition) is 0. The van der Waals surface area contributed by atoms with Gasteiger partial charge in [0.05, 0.1) is 0 Å². The molecule has 0 unspecified atom stereocenters. The zero-order chi connectivity index (χ0) is 19.5. The van der Waals surface area contributed by atoms with Crippen molar-refractivity contribution < 1.29 is 4.79 Å². The number of carbonyl (C=O) groups is 1. The predicted octanol–water partition coefficient (Wildman–Crippen LogP) is 3.93. The molecule has 28 heavy (non-hydrogen) atoms. The molecule has 0 atom stereocenters. The summed E-state index contributed by atoms with van der Waals surface area (Å²) in [6.45, 7) is 11.0. The highest BCUT2D eigenvalue weighted by atomic mass is 32.1. The minimum Gasteiger partial charge on any atom is -0.368 e. The minimum absolute atomic E-state index is 0.214. The lowest BCUT2D eigenvalue weighted by Crippen LogP contribution is -2.51. The first-order chi connectivity index (χ1) is 13.6. The number of nitrogens with zero attached hydrogens (tertiary/aromatic N) is 3. The molecule has 2 fully saturated rings. The second-order valence-electron chi connectivity index (χ2n) is 8.21. The molecular formula is C23H31N3OS. The highest BCUT2D eigenvalue weighted by Gasteiger charge is 2.30. The highest BCUT2D eigenvalue weighted by Crippen LogP contribution is 2.26. The summed E-state index contributed by atoms with van der Waals surface area (Å²) in [7, 11) is 0. The van der Waals surface area contributed by atoms with Gasteiger partial charge in [0, 0.05) is 44.3 Å². The van der Waals surface area contributed by atoms with Crippen LogP contribution in [-0.2, 0) is 11.3 Å². The van der Waals surface area contributed by atoms with E-state index in [1.807, 2.05) is 0 Å². The van der Waals surface area contributed by atoms with Crippen LogP contribution in [0.5, 0.6) is 0 Å². The Hall–Kier alpha value is -1.85. The second kappa shape index (κ2) is 8.66. The first-order valence-electron chi connectivity index (χ1n) is 10.4. The van der Waals surface area contributed by atoms with Gasteiger partial charge >= 0.3 is 0 Å². The maximum Gasteiger partial charge on any atom is 0.225 e. The first kappa shape index (κ1) is 19.5. The molecule has 2 aliphatic rings. The van der Waals surface area contributed by atoms with Crippen molar-refractivity contribution in [1.82, 2.24) is 9.80 Å². The van der Waals surface area contributed by atoms with E-state index in [9.17, 15) is 4.79 Å². The fraction of sp³-hybridized carbons (Fsp3) is 0.522. The van der Waals surface area contributed by atoms with Crippen LogP contribution in [0.3, 0.4) is 0 Å². The van der Waals surface area contributed by atoms with Crippen LogP contribution in [0.4, 0.5) is 5.69 Å². The number of thiophene rings is 1. The van der Waals surface area contributed by atoms with Crippen LogP contribution in [0.15, 0.2) is 35.0 Å². The van der Waals surface area contributed by atoms with E-state index < -0.39 is 0 Å². The Morgan fingerprint density at radius 2 is 1.79 bits per heavy atom. The number of benzene rings is 1. The monoisotopic (exact) mass is 397 g/mol. The molecule has 2 aliphatic heterocycles. The van der Waals surface area contributed by atoms with Gasteiger partial charge in [-0.3, -0.25) is 9.69 Å². The van der Waals surface area contributed by atoms with Crippen LogP contribution in [0, 0.1) is 19.8 Å². The molecule has 150 valence electrons. The summed E-state index contributed by atoms with van der Waals surface area (Å²) >= 11 is 1.76. The predicted molar refractivity (Wildman–Crippen MR) is 117 cm³/mol. The largest absolute Gasteiger partial charge is 0.368 e. The lowest BCUT2D eigenvalue weighted by Gasteiger charge is -2.40. The van der Waals surface area contributed by atoms with Crippen molar-refractivity contribution in [3.8, 4) is 0 Å². The molecule has 4 nitrogen and oxygen atoms in total. The Morgan fingerprint density at radius 1 is 1.04 bits per heavy atom. The normalized spacial score (nSPS) is 19.2. The molecule has 0 radical (unpaired) electrons. The number of piperidine rings is 1. The molecule has 0 bridgehead atoms. The minimum atomic E-state index is 0.214. The van der Waals surface area contributed by atoms with E-state index in [1.54, 1.807) is 11.3 Å². The van der Waals surface area contributed by atoms with Gasteiger partial charge in [-0.05, 0) is 79.4 Å². The van der Waals surface area contributed by atoms with Crippen molar-refractivity contribution in [2.75, 3.05) is 44.2 Å². The summed E-state index contributed by atoms with van der Waals surface area (Å²) in [5.74, 6) is 0.599. The number of rotatable bonds is 4. The van der Waals surface area contributed by atoms with Crippen LogP contribution < -0.4 is 4.90 Å². The third-order valence-electron chi connectivity index (χ3n) is 6.43. The van der Waals surface area contributed by atoms with E-state index in [1.165, 1.54) is 22.4 Å². The van der Waals surface area contributed by atoms with Crippen molar-refractivity contribution >= 4 is 22.9 Å². The standard InChI is InChI=1S/C23H31N3OS/c1-18-4-3-5-22(19(18)2)25-11-13-26(14-12-25)23(27)21-6-9-24(10-7-21)16-20-8-15-28-17-20/h3-5,8,15,17,21H,6-7,9-14,16H2,1-2H3. The van der Waals surface area contributed by atoms with Crippen LogP contribution in [0.2, 0.25) is 0 Å². The van der Waals surface area contributed by atoms with Gasteiger partial charge in [-0.15, -0.1) is 0 Å². The van der Waals surface area contributed by atoms with Crippen molar-refractivity contribution in [3.05, 3.63) is 51.7 Å². The molecule has 0 N–H and O–H groups in total. The van der Waals surface area contributed by atoms with Crippen LogP contribution in [0.1, 0.15) is 29.5 Å². The average molecular weight is 398 g/mol. The Morgan fingerprint density at radius 3 is 2.46 bits per heavy atom. The Bertz CT molecular complexity index is 788. The zero-order valence-electron chi connectivity index (χ0n) is 17.1. The summed E-state index contributed by atoms with van der Waals surface area (Å²) < 4.78 is 0. The molecule has 0 spiro atoms. The number of hydrogen-bond acceptors (Lipinski definition) is 4. The van der Waals surface area contributed by atoms with Crippen molar-refractivity contribution in [2.45, 2.75) is 33.2 Å². The van der Waals surface area contributed by atoms with Gasteiger partial charge in [0.1, 0.15) is 0 Å². The van der Waals surface area contributed by atoms with Gasteiger partial charge in [-0.25, -0.2) is 0 Å². The van der Waals surface area contributed by atoms with E-state index in [2.05, 4.69) is 63.6 Å². The molecule has 0 aliphatic carbocycles. The first-order valence-corrected chi connectivity index (χ1v) is 11.4. The second-order valence-corrected chi connectivity index (χ2v) is 8.99. The van der Waals surface area contributed by atoms with Crippen LogP contribution >= 0.6 is 11.3 Å². The van der Waals surface area contributed by atoms with Gasteiger partial charge in [-0.2, -0.15) is 11.3 Å². The number of anilines is 1. The summed E-state index contributed by atoms with van der Waals surface area (Å²) in [6, 6.07) is 8.72. The van der Waals surface area contributed by atoms with E-state index in [-0.39, 0.29) is 5.92 Å². The summed E-state index contributed by atoms with van der Waals surface area (Å²) in [5, 5.41) is 4.37. The molecule has 1 aromatic heterocycles. The Kier molecular flexibility index (Phi) is 6.02. The van der Waals surface area contributed by atoms with Crippen molar-refractivity contribution in [2.24, 2.45) is 5.92 Å². The quantitative estimate of drug-likeness (QED) is 0.782. The molecule has 1 amide bonds. The van der Waals surface area contributed by atoms with Gasteiger partial charge in [0.15, 0.2) is 0 Å². The maximum absolute atomic E-state index is 13.0. The summed E-state index contributed by atoms with van der Waals surface area (Å²) in [5.41, 5.74) is 5.43. The molecule has 0 saturated carbocycles. The third-order valence-corrected chi connectivity index (χ3v) is 7.16. The zero-order valence-corrected chi connectivity index (χ0v) is 17.9. The number of piperazine rings is 1. The molecule has 2 aromatic rings. The molecule has 1 aromatic carbocycles. The summed E-state index contributed by atoms with van der Waals surface area (Å²) in [4.78, 5) is 20.1. The van der Waals surface area contributed by atoms with E-state index >= 15 is 0 Å². The number of aryl methyl sites for hydroxylation is 1. The van der Waals surface area contributed by atoms with Gasteiger partial charge in [0.2, 0.25) is 5.91 Å². The average Bonchev–Trinajstić information content (AvgIpc) is 3.23. The lowest BCUT2D eigenvalue weighted by atomic mass is 9.94. The summed E-state index contributed by atoms with van der Waals surface area (Å²) in [6.07, 6.45) is 2.00. The topological polar surface area (TPSA) is 26.8 Å². The Balaban J connectivity index is 1.27. The molecule has 3 heterocycles. The number of carbonyl (C=O) groups excluding carboxylic acids is 1. The van der Waals surface area contributed by atoms with Gasteiger partial charge in [0.25, 0.3) is 0 Å². The van der Waals surface area contributed by atoms with Crippen LogP contribution in [-0.4, -0.2) is 55.0 Å². The molecular weight excluding hydrogens is 366 g/mol. The molecule has 5 heteroatoms. The number of amides is 1. The third kappa shape index (κ3) is 4.26. The van der Waals surface area contributed by atoms with Crippen molar-refractivity contribution in [3.63, 3.8) is 0 Å². The van der Waals surface area contributed by atoms with E-state index in [0.29, 0.717) is 5.91 Å². The lowest BCUT2D eigenvalue weighted by molar-refractivity contribution is -0.137. The highest BCUT2D eigenvalue weighted by molar-refractivity contribution is 7.07. The fourth-order valence-electron chi connectivity index (χ4n) is 4.48. The maximum atomic E-state index is 13.0. The Labute approximate surface area is 172 Å². The van der Waals surface area contributed by atoms with Gasteiger partial charge in [-0.1, -0.05) is 12.1 Å². The molecule has 2 saturated heterocycles. The molecule has 4 rings (SSSR count). The number of likely N-dealkylation sites (tertiary alicyclic amines) is 1.